The first-order valence-corrected chi connectivity index (χ1v) is 3.10. The molecule has 0 saturated carbocycles. The molecule has 0 unspecified atom stereocenters. The third-order valence-corrected chi connectivity index (χ3v) is 0. The van der Waals surface area contributed by atoms with Gasteiger partial charge in [-0.3, -0.25) is 9.11 Å². The Morgan fingerprint density at radius 2 is 1.38 bits per heavy atom. The first kappa shape index (κ1) is 22.4. The fourth-order valence-electron chi connectivity index (χ4n) is 0. The standard InChI is InChI=1S/2Na.H2O3S2.H2S.H/c;;1-5(2,3)4;;/h;;(H2,1,2,3,4);1H2;/q;+1;;;/p-1. The van der Waals surface area contributed by atoms with E-state index in [0.717, 1.165) is 0 Å². The molecule has 0 bridgehead atoms. The number of hydrogen-bond acceptors (Lipinski definition) is 3. The first-order chi connectivity index (χ1) is 2.00. The van der Waals surface area contributed by atoms with Crippen LogP contribution in [0.1, 0.15) is 0 Å². The van der Waals surface area contributed by atoms with Crippen LogP contribution in [0.15, 0.2) is 0 Å². The minimum atomic E-state index is -3.83. The minimum absolute atomic E-state index is 0. The molecule has 0 radical (unpaired) electrons. The van der Waals surface area contributed by atoms with Gasteiger partial charge in [0.2, 0.25) is 0 Å². The van der Waals surface area contributed by atoms with Gasteiger partial charge in [-0.05, 0) is 0 Å². The van der Waals surface area contributed by atoms with E-state index >= 15 is 0 Å². The number of thiol groups is 1. The van der Waals surface area contributed by atoms with Crippen molar-refractivity contribution >= 4 is 63.3 Å². The summed E-state index contributed by atoms with van der Waals surface area (Å²) >= 11 is 3.47. The second-order valence-corrected chi connectivity index (χ2v) is 2.65. The van der Waals surface area contributed by atoms with Gasteiger partial charge in [-0.1, -0.05) is 0 Å². The molecule has 0 aliphatic heterocycles. The average molecular weight is 194 g/mol. The minimum Gasteiger partial charge on any atom is -0.813 e. The molecule has 3 nitrogen and oxygen atoms in total. The van der Waals surface area contributed by atoms with E-state index in [-0.39, 0.29) is 72.6 Å². The summed E-state index contributed by atoms with van der Waals surface area (Å²) in [6.07, 6.45) is 0. The van der Waals surface area contributed by atoms with E-state index in [1.165, 1.54) is 0 Å². The Bertz CT molecular complexity index is 95.7. The number of rotatable bonds is 0. The molecule has 0 aromatic carbocycles. The summed E-state index contributed by atoms with van der Waals surface area (Å²) in [5.74, 6) is 0. The van der Waals surface area contributed by atoms with Crippen molar-refractivity contribution in [1.82, 2.24) is 0 Å². The van der Waals surface area contributed by atoms with Crippen molar-refractivity contribution in [2.45, 2.75) is 0 Å². The van der Waals surface area contributed by atoms with Crippen LogP contribution in [0.25, 0.3) is 0 Å². The molecule has 0 aromatic heterocycles. The normalized spacial score (nSPS) is 7.25. The molecule has 0 spiro atoms. The average Bonchev–Trinajstić information content (AvgIpc) is 0.722. The Kier molecular flexibility index (Phi) is 27.0. The smallest absolute Gasteiger partial charge is 0.813 e. The second kappa shape index (κ2) is 9.64. The quantitative estimate of drug-likeness (QED) is 0.232. The number of hydrogen-bond donors (Lipinski definition) is 2. The van der Waals surface area contributed by atoms with Crippen molar-refractivity contribution in [3.05, 3.63) is 0 Å². The van der Waals surface area contributed by atoms with Crippen molar-refractivity contribution in [2.75, 3.05) is 0 Å². The van der Waals surface area contributed by atoms with Crippen LogP contribution in [-0.4, -0.2) is 42.9 Å². The molecule has 8 heavy (non-hydrogen) atoms. The van der Waals surface area contributed by atoms with Crippen molar-refractivity contribution in [3.8, 4) is 0 Å². The maximum atomic E-state index is 9.11. The summed E-state index contributed by atoms with van der Waals surface area (Å²) in [6.45, 7) is 0. The molecule has 2 N–H and O–H groups in total. The first-order valence-electron chi connectivity index (χ1n) is 0.698. The second-order valence-electron chi connectivity index (χ2n) is 0.448. The maximum absolute atomic E-state index is 9.11. The van der Waals surface area contributed by atoms with Gasteiger partial charge in [-0.2, -0.15) is 4.21 Å². The third-order valence-electron chi connectivity index (χ3n) is 0. The Hall–Kier alpha value is 2.64. The Morgan fingerprint density at radius 3 is 1.38 bits per heavy atom. The molecule has 0 atom stereocenters. The van der Waals surface area contributed by atoms with E-state index in [2.05, 4.69) is 11.2 Å². The maximum Gasteiger partial charge on any atom is -0.813 e. The van der Waals surface area contributed by atoms with E-state index in [1.807, 2.05) is 0 Å². The third kappa shape index (κ3) is 72.4. The van der Waals surface area contributed by atoms with E-state index in [4.69, 9.17) is 13.3 Å². The van der Waals surface area contributed by atoms with Gasteiger partial charge in [0, 0.05) is 11.2 Å². The van der Waals surface area contributed by atoms with Gasteiger partial charge in [-0.25, -0.2) is 0 Å². The topological polar surface area (TPSA) is 57.5 Å². The van der Waals surface area contributed by atoms with Crippen LogP contribution in [-0.2, 0) is 33.7 Å². The molecule has 42 valence electrons. The van der Waals surface area contributed by atoms with Gasteiger partial charge in [0.05, 0.1) is 0 Å². The predicted molar refractivity (Wildman–Crippen MR) is 36.7 cm³/mol. The monoisotopic (exact) mass is 194 g/mol. The molecule has 0 rings (SSSR count). The molecular weight excluding hydrogens is 190 g/mol. The zero-order valence-corrected chi connectivity index (χ0v) is 8.09. The molecule has 0 fully saturated rings. The summed E-state index contributed by atoms with van der Waals surface area (Å²) in [7, 11) is -3.83. The summed E-state index contributed by atoms with van der Waals surface area (Å²) in [4.78, 5) is 0. The molecule has 0 heterocycles. The Balaban J connectivity index is -0.0000000267. The van der Waals surface area contributed by atoms with Crippen molar-refractivity contribution in [2.24, 2.45) is 0 Å². The summed E-state index contributed by atoms with van der Waals surface area (Å²) in [5, 5.41) is 0. The van der Waals surface area contributed by atoms with Crippen molar-refractivity contribution in [3.63, 3.8) is 0 Å². The van der Waals surface area contributed by atoms with Gasteiger partial charge in [0.15, 0.2) is 0 Å². The molecule has 8 heteroatoms. The van der Waals surface area contributed by atoms with E-state index in [0.29, 0.717) is 0 Å². The van der Waals surface area contributed by atoms with Crippen LogP contribution in [0.3, 0.4) is 0 Å². The van der Waals surface area contributed by atoms with Crippen LogP contribution in [0.5, 0.6) is 0 Å². The zero-order valence-electron chi connectivity index (χ0n) is 3.57. The molecular formula is H4Na2O3S3. The Labute approximate surface area is 104 Å². The van der Waals surface area contributed by atoms with E-state index < -0.39 is 9.05 Å². The molecule has 0 amide bonds. The van der Waals surface area contributed by atoms with Gasteiger partial charge in [-0.15, -0.1) is 0 Å². The molecule has 0 aliphatic rings. The fourth-order valence-corrected chi connectivity index (χ4v) is 0. The van der Waals surface area contributed by atoms with Crippen LogP contribution in [0.2, 0.25) is 0 Å². The van der Waals surface area contributed by atoms with Crippen LogP contribution >= 0.6 is 0 Å². The summed E-state index contributed by atoms with van der Waals surface area (Å²) in [5.41, 5.74) is 0. The fraction of sp³-hybridized carbons (Fsp3) is 0. The largest absolute Gasteiger partial charge is 0.813 e. The summed E-state index contributed by atoms with van der Waals surface area (Å²) in [6, 6.07) is 0. The molecule has 0 aliphatic carbocycles. The van der Waals surface area contributed by atoms with Crippen LogP contribution in [0, 0.1) is 0 Å². The Morgan fingerprint density at radius 1 is 1.38 bits per heavy atom. The SMILES string of the molecule is O=S(O)(O)=S.[Na+].[NaH].[SH-]. The predicted octanol–water partition coefficient (Wildman–Crippen LogP) is -4.24. The van der Waals surface area contributed by atoms with E-state index in [9.17, 15) is 0 Å². The van der Waals surface area contributed by atoms with Gasteiger partial charge < -0.3 is 13.5 Å². The van der Waals surface area contributed by atoms with E-state index in [1.54, 1.807) is 0 Å². The van der Waals surface area contributed by atoms with Crippen LogP contribution in [0.4, 0.5) is 0 Å². The zero-order chi connectivity index (χ0) is 4.50. The molecule has 0 saturated heterocycles. The van der Waals surface area contributed by atoms with Gasteiger partial charge >= 0.3 is 59.1 Å². The summed E-state index contributed by atoms with van der Waals surface area (Å²) < 4.78 is 24.0. The van der Waals surface area contributed by atoms with Crippen molar-refractivity contribution in [1.29, 1.82) is 0 Å². The van der Waals surface area contributed by atoms with Gasteiger partial charge in [0.1, 0.15) is 0 Å². The van der Waals surface area contributed by atoms with Crippen molar-refractivity contribution < 1.29 is 42.9 Å². The van der Waals surface area contributed by atoms with Crippen LogP contribution < -0.4 is 29.6 Å². The van der Waals surface area contributed by atoms with Gasteiger partial charge in [0.25, 0.3) is 9.05 Å². The molecule has 0 aromatic rings.